The molecule has 4 aromatic rings. The van der Waals surface area contributed by atoms with Crippen LogP contribution in [0.3, 0.4) is 0 Å². The monoisotopic (exact) mass is 1470 g/mol. The number of fused-ring (bicyclic) bond motifs is 6. The lowest BCUT2D eigenvalue weighted by atomic mass is 10.0. The minimum Gasteiger partial charge on any atom is -0.465 e. The van der Waals surface area contributed by atoms with Gasteiger partial charge < -0.3 is 50.4 Å². The Hall–Kier alpha value is -6.99. The summed E-state index contributed by atoms with van der Waals surface area (Å²) in [6.45, 7) is 14.3. The van der Waals surface area contributed by atoms with Gasteiger partial charge in [0, 0.05) is 31.2 Å². The number of amides is 8. The molecule has 99 heavy (non-hydrogen) atoms. The number of hydrogen-bond donors (Lipinski definition) is 7. The molecule has 0 unspecified atom stereocenters. The molecule has 2 aromatic carbocycles. The van der Waals surface area contributed by atoms with Crippen LogP contribution >= 0.6 is 34.3 Å². The molecule has 7 N–H and O–H groups in total. The van der Waals surface area contributed by atoms with E-state index in [1.165, 1.54) is 42.7 Å². The molecule has 2 aromatic heterocycles. The molecule has 12 rings (SSSR count). The Morgan fingerprint density at radius 2 is 1.06 bits per heavy atom. The Morgan fingerprint density at radius 3 is 1.51 bits per heavy atom. The summed E-state index contributed by atoms with van der Waals surface area (Å²) in [5.41, 5.74) is -0.401. The molecule has 26 nitrogen and oxygen atoms in total. The molecule has 0 bridgehead atoms. The maximum Gasteiger partial charge on any atom is 0.408 e. The van der Waals surface area contributed by atoms with Crippen molar-refractivity contribution in [2.45, 2.75) is 240 Å². The van der Waals surface area contributed by atoms with Crippen molar-refractivity contribution in [1.29, 1.82) is 0 Å². The van der Waals surface area contributed by atoms with Crippen LogP contribution in [0, 0.1) is 25.7 Å². The second kappa shape index (κ2) is 30.3. The van der Waals surface area contributed by atoms with Gasteiger partial charge in [-0.15, -0.1) is 11.3 Å². The van der Waals surface area contributed by atoms with Crippen LogP contribution in [0.1, 0.15) is 168 Å². The van der Waals surface area contributed by atoms with Crippen molar-refractivity contribution in [2.75, 3.05) is 13.1 Å². The molecule has 8 amide bonds. The van der Waals surface area contributed by atoms with E-state index in [4.69, 9.17) is 25.8 Å². The predicted octanol–water partition coefficient (Wildman–Crippen LogP) is 7.95. The first-order chi connectivity index (χ1) is 46.6. The van der Waals surface area contributed by atoms with Gasteiger partial charge in [0.15, 0.2) is 4.47 Å². The molecule has 31 heteroatoms. The Balaban J connectivity index is 0.000000188. The van der Waals surface area contributed by atoms with Crippen LogP contribution in [0.2, 0.25) is 4.47 Å². The van der Waals surface area contributed by atoms with Crippen molar-refractivity contribution in [3.05, 3.63) is 76.3 Å². The number of benzene rings is 2. The van der Waals surface area contributed by atoms with E-state index < -0.39 is 149 Å². The van der Waals surface area contributed by atoms with E-state index in [1.807, 2.05) is 61.6 Å². The molecule has 540 valence electrons. The molecule has 0 spiro atoms. The Morgan fingerprint density at radius 1 is 0.616 bits per heavy atom. The van der Waals surface area contributed by atoms with Crippen LogP contribution in [0.15, 0.2) is 60.7 Å². The average molecular weight is 1470 g/mol. The number of halogens is 1. The Bertz CT molecular complexity index is 4030. The lowest BCUT2D eigenvalue weighted by Crippen LogP contribution is -2.58. The van der Waals surface area contributed by atoms with Crippen LogP contribution in [-0.2, 0) is 58.3 Å². The molecular formula is C68H91ClN10O16S4. The second-order valence-corrected chi connectivity index (χ2v) is 35.6. The molecule has 6 fully saturated rings. The minimum absolute atomic E-state index is 0.0386. The first kappa shape index (κ1) is 74.7. The number of carbonyl (C=O) groups is 8. The number of aromatic nitrogens is 2. The summed E-state index contributed by atoms with van der Waals surface area (Å²) in [5.74, 6) is -4.59. The first-order valence-electron chi connectivity index (χ1n) is 34.1. The largest absolute Gasteiger partial charge is 0.465 e. The summed E-state index contributed by atoms with van der Waals surface area (Å²) in [4.78, 5) is 119. The fraction of sp³-hybridized carbons (Fsp3) is 0.618. The maximum atomic E-state index is 14.3. The summed E-state index contributed by atoms with van der Waals surface area (Å²) in [5, 5.41) is 20.6. The highest BCUT2D eigenvalue weighted by Crippen LogP contribution is 2.48. The van der Waals surface area contributed by atoms with E-state index in [-0.39, 0.29) is 38.8 Å². The Labute approximate surface area is 590 Å². The third-order valence-corrected chi connectivity index (χ3v) is 24.6. The first-order valence-corrected chi connectivity index (χ1v) is 39.2. The van der Waals surface area contributed by atoms with Gasteiger partial charge in [0.05, 0.1) is 43.6 Å². The van der Waals surface area contributed by atoms with Gasteiger partial charge in [0.25, 0.3) is 17.0 Å². The summed E-state index contributed by atoms with van der Waals surface area (Å²) >= 11 is 8.68. The summed E-state index contributed by atoms with van der Waals surface area (Å²) in [6, 6.07) is 7.75. The van der Waals surface area contributed by atoms with Gasteiger partial charge in [-0.1, -0.05) is 97.2 Å². The fourth-order valence-electron chi connectivity index (χ4n) is 12.8. The zero-order chi connectivity index (χ0) is 71.6. The number of aryl methyl sites for hydroxylation is 2. The predicted molar refractivity (Wildman–Crippen MR) is 373 cm³/mol. The minimum atomic E-state index is -3.86. The topological polar surface area (TPSA) is 357 Å². The molecule has 10 atom stereocenters. The van der Waals surface area contributed by atoms with Crippen LogP contribution < -0.4 is 35.4 Å². The number of thiazole rings is 2. The van der Waals surface area contributed by atoms with Crippen LogP contribution in [-0.4, -0.2) is 172 Å². The van der Waals surface area contributed by atoms with Crippen LogP contribution in [0.25, 0.3) is 20.4 Å². The quantitative estimate of drug-likeness (QED) is 0.0740. The SMILES string of the molecule is CC(C)(C)OC(=O)N[C@H]1CCCCC/C=C\[C@@H]2C[C@@]2(C(=O)NS(=O)(=O)C2CC2)NC(=O)[C@@H]2C[C@@H](O)CN2C1=O.Cc1cccc2nc(Cl)sc12.Cc1cccc2nc(O[C@@H]3C[C@H]4C(=O)N[C@]5(C(=O)NS(=O)(=O)C6CC6)C[C@H]5/C=C\CCCCC[C@H](NC(=O)OC(C)(C)C)C(=O)N4C3)sc12. The number of nitrogens with one attached hydrogen (secondary N) is 6. The fourth-order valence-corrected chi connectivity index (χ4v) is 17.6. The zero-order valence-corrected chi connectivity index (χ0v) is 61.1. The number of hydrogen-bond acceptors (Lipinski definition) is 20. The molecule has 6 heterocycles. The highest BCUT2D eigenvalue weighted by Gasteiger charge is 2.64. The zero-order valence-electron chi connectivity index (χ0n) is 57.1. The van der Waals surface area contributed by atoms with Crippen molar-refractivity contribution >= 4 is 122 Å². The average Bonchev–Trinajstić information content (AvgIpc) is 1.58. The molecule has 4 aliphatic carbocycles. The number of alkyl carbamates (subject to hydrolysis) is 2. The van der Waals surface area contributed by atoms with E-state index in [9.17, 15) is 60.3 Å². The number of sulfonamides is 2. The summed E-state index contributed by atoms with van der Waals surface area (Å²) in [6.07, 6.45) is 13.5. The van der Waals surface area contributed by atoms with Gasteiger partial charge in [-0.05, 0) is 156 Å². The number of aliphatic hydroxyl groups is 1. The molecule has 4 aliphatic heterocycles. The molecule has 0 radical (unpaired) electrons. The van der Waals surface area contributed by atoms with Gasteiger partial charge in [-0.25, -0.2) is 36.4 Å². The van der Waals surface area contributed by atoms with Crippen LogP contribution in [0.5, 0.6) is 5.19 Å². The second-order valence-electron chi connectivity index (χ2n) is 29.1. The maximum absolute atomic E-state index is 14.3. The van der Waals surface area contributed by atoms with E-state index in [0.29, 0.717) is 73.9 Å². The van der Waals surface area contributed by atoms with E-state index >= 15 is 0 Å². The number of carbonyl (C=O) groups excluding carboxylic acids is 8. The van der Waals surface area contributed by atoms with Crippen molar-refractivity contribution in [2.24, 2.45) is 11.8 Å². The van der Waals surface area contributed by atoms with E-state index in [2.05, 4.69) is 53.7 Å². The third kappa shape index (κ3) is 19.0. The molecule has 4 saturated carbocycles. The molecule has 8 aliphatic rings. The van der Waals surface area contributed by atoms with Gasteiger partial charge in [-0.2, -0.15) is 0 Å². The normalized spacial score (nSPS) is 28.4. The molecule has 2 saturated heterocycles. The number of ether oxygens (including phenoxy) is 3. The van der Waals surface area contributed by atoms with Crippen molar-refractivity contribution in [1.82, 2.24) is 50.5 Å². The summed E-state index contributed by atoms with van der Waals surface area (Å²) in [7, 11) is -7.69. The molecular weight excluding hydrogens is 1380 g/mol. The van der Waals surface area contributed by atoms with Crippen LogP contribution in [0.4, 0.5) is 9.59 Å². The van der Waals surface area contributed by atoms with E-state index in [0.717, 1.165) is 47.0 Å². The third-order valence-electron chi connectivity index (χ3n) is 18.5. The van der Waals surface area contributed by atoms with E-state index in [1.54, 1.807) is 41.5 Å². The van der Waals surface area contributed by atoms with Gasteiger partial charge in [0.2, 0.25) is 43.7 Å². The van der Waals surface area contributed by atoms with Gasteiger partial charge in [-0.3, -0.25) is 38.2 Å². The number of allylic oxidation sites excluding steroid dienone is 2. The standard InChI is InChI=1S/C34H45N5O8S2.C26H40N4O8S.C8H6ClNS/c1-20-11-10-14-24-27(20)48-32(36-24)46-22-17-26-28(40)37-34(30(42)38-49(44,45)23-15-16-23)18-21(34)12-8-6-5-7-9-13-25(29(41)39(26)19-22)35-31(43)47-33(2,3)4;1-25(2,3)38-24(35)27-19-10-8-6-4-5-7-9-16-14-26(16,23(34)29-39(36,37)18-11-12-18)28-21(32)20-13-17(31)15-30(20)22(19)33;1-5-3-2-4-6-7(5)11-8(9)10-6/h8,10-12,14,21-23,25-26H,5-7,9,13,15-19H2,1-4H3,(H,35,43)(H,37,40)(H,38,42);7,9,16-20,31H,4-6,8,10-15H2,1-3H3,(H,27,35)(H,28,32)(H,29,34);2-4H,1H3/b12-8-;9-7-;/t21-,22-,25+,26+,34-;16-,17-,19+,20+,26-;/m11./s1. The number of rotatable bonds is 10. The summed E-state index contributed by atoms with van der Waals surface area (Å²) < 4.78 is 74.7. The van der Waals surface area contributed by atoms with Crippen molar-refractivity contribution < 1.29 is 74.5 Å². The number of aliphatic hydroxyl groups excluding tert-OH is 1. The smallest absolute Gasteiger partial charge is 0.408 e. The lowest BCUT2D eigenvalue weighted by Gasteiger charge is -2.30. The van der Waals surface area contributed by atoms with Crippen molar-refractivity contribution in [3.8, 4) is 5.19 Å². The van der Waals surface area contributed by atoms with Crippen molar-refractivity contribution in [3.63, 3.8) is 0 Å². The van der Waals surface area contributed by atoms with Gasteiger partial charge >= 0.3 is 12.2 Å². The number of nitrogens with zero attached hydrogens (tertiary/aromatic N) is 4. The highest BCUT2D eigenvalue weighted by atomic mass is 35.5. The highest BCUT2D eigenvalue weighted by molar-refractivity contribution is 7.91. The Kier molecular flexibility index (Phi) is 22.9. The lowest BCUT2D eigenvalue weighted by molar-refractivity contribution is -0.141. The van der Waals surface area contributed by atoms with Gasteiger partial charge in [0.1, 0.15) is 52.6 Å².